The molecule has 29 heavy (non-hydrogen) atoms. The van der Waals surface area contributed by atoms with Gasteiger partial charge in [-0.25, -0.2) is 14.2 Å². The number of hydrogen-bond acceptors (Lipinski definition) is 5. The van der Waals surface area contributed by atoms with Crippen LogP contribution >= 0.6 is 0 Å². The van der Waals surface area contributed by atoms with Gasteiger partial charge in [0.05, 0.1) is 22.6 Å². The third-order valence-corrected chi connectivity index (χ3v) is 4.38. The minimum Gasteiger partial charge on any atom is -0.493 e. The molecule has 8 nitrogen and oxygen atoms in total. The summed E-state index contributed by atoms with van der Waals surface area (Å²) in [6, 6.07) is 12.7. The Labute approximate surface area is 165 Å². The number of aromatic nitrogens is 2. The van der Waals surface area contributed by atoms with Crippen molar-refractivity contribution in [1.29, 1.82) is 0 Å². The molecule has 0 amide bonds. The van der Waals surface area contributed by atoms with Crippen LogP contribution < -0.4 is 11.2 Å². The van der Waals surface area contributed by atoms with Crippen LogP contribution in [0.2, 0.25) is 0 Å². The third-order valence-electron chi connectivity index (χ3n) is 4.38. The molecule has 3 aromatic rings. The van der Waals surface area contributed by atoms with Crippen molar-refractivity contribution in [1.82, 2.24) is 9.55 Å². The fraction of sp³-hybridized carbons (Fsp3) is 0.143. The standard InChI is InChI=1S/C21H19N3O5/c1-3-16(22-14-8-6-13(7-9-14)20(27)28)17-18(25)23-21(29)24(19(17)26)15-10-4-12(2)5-11-15/h4-11,26H,3H2,1-2H3,(H,27,28)(H,23,25,29). The highest BCUT2D eigenvalue weighted by molar-refractivity contribution is 6.03. The van der Waals surface area contributed by atoms with E-state index in [0.717, 1.165) is 10.1 Å². The van der Waals surface area contributed by atoms with Crippen molar-refractivity contribution in [3.05, 3.63) is 86.1 Å². The smallest absolute Gasteiger partial charge is 0.335 e. The van der Waals surface area contributed by atoms with E-state index < -0.39 is 23.1 Å². The van der Waals surface area contributed by atoms with Crippen molar-refractivity contribution in [3.8, 4) is 11.6 Å². The predicted octanol–water partition coefficient (Wildman–Crippen LogP) is 2.77. The number of aliphatic imine (C=N–C) groups is 1. The number of rotatable bonds is 5. The van der Waals surface area contributed by atoms with Crippen LogP contribution in [0.3, 0.4) is 0 Å². The van der Waals surface area contributed by atoms with Gasteiger partial charge in [0, 0.05) is 0 Å². The van der Waals surface area contributed by atoms with Crippen LogP contribution in [-0.4, -0.2) is 31.4 Å². The molecular weight excluding hydrogens is 374 g/mol. The molecule has 3 rings (SSSR count). The summed E-state index contributed by atoms with van der Waals surface area (Å²) >= 11 is 0. The number of hydrogen-bond donors (Lipinski definition) is 3. The van der Waals surface area contributed by atoms with Gasteiger partial charge in [0.2, 0.25) is 5.88 Å². The lowest BCUT2D eigenvalue weighted by molar-refractivity contribution is 0.0697. The first-order chi connectivity index (χ1) is 13.8. The number of nitrogens with zero attached hydrogens (tertiary/aromatic N) is 2. The van der Waals surface area contributed by atoms with Crippen LogP contribution in [0, 0.1) is 6.92 Å². The van der Waals surface area contributed by atoms with Crippen LogP contribution in [0.5, 0.6) is 5.88 Å². The first kappa shape index (κ1) is 19.8. The van der Waals surface area contributed by atoms with Gasteiger partial charge in [-0.2, -0.15) is 0 Å². The number of nitrogens with one attached hydrogen (secondary N) is 1. The van der Waals surface area contributed by atoms with Crippen molar-refractivity contribution >= 4 is 17.4 Å². The molecule has 1 heterocycles. The number of carboxylic acid groups (broad SMARTS) is 1. The number of H-pyrrole nitrogens is 1. The fourth-order valence-corrected chi connectivity index (χ4v) is 2.86. The fourth-order valence-electron chi connectivity index (χ4n) is 2.86. The monoisotopic (exact) mass is 393 g/mol. The van der Waals surface area contributed by atoms with E-state index in [0.29, 0.717) is 17.8 Å². The summed E-state index contributed by atoms with van der Waals surface area (Å²) in [5, 5.41) is 19.7. The molecular formula is C21H19N3O5. The molecule has 0 aliphatic heterocycles. The maximum absolute atomic E-state index is 12.4. The molecule has 0 spiro atoms. The highest BCUT2D eigenvalue weighted by atomic mass is 16.4. The van der Waals surface area contributed by atoms with Crippen molar-refractivity contribution in [2.45, 2.75) is 20.3 Å². The highest BCUT2D eigenvalue weighted by Crippen LogP contribution is 2.21. The molecule has 148 valence electrons. The number of carboxylic acids is 1. The van der Waals surface area contributed by atoms with Crippen LogP contribution in [0.4, 0.5) is 5.69 Å². The number of aromatic carboxylic acids is 1. The third kappa shape index (κ3) is 4.01. The largest absolute Gasteiger partial charge is 0.493 e. The van der Waals surface area contributed by atoms with Gasteiger partial charge in [0.15, 0.2) is 0 Å². The first-order valence-electron chi connectivity index (χ1n) is 8.88. The molecule has 0 saturated heterocycles. The molecule has 0 unspecified atom stereocenters. The van der Waals surface area contributed by atoms with Crippen molar-refractivity contribution in [3.63, 3.8) is 0 Å². The van der Waals surface area contributed by atoms with Crippen molar-refractivity contribution < 1.29 is 15.0 Å². The summed E-state index contributed by atoms with van der Waals surface area (Å²) in [6.07, 6.45) is 0.295. The minimum absolute atomic E-state index is 0.107. The Balaban J connectivity index is 2.16. The van der Waals surface area contributed by atoms with E-state index in [1.165, 1.54) is 24.3 Å². The Morgan fingerprint density at radius 3 is 2.24 bits per heavy atom. The Bertz CT molecular complexity index is 1200. The Kier molecular flexibility index (Phi) is 5.45. The molecule has 0 atom stereocenters. The number of aromatic hydroxyl groups is 1. The van der Waals surface area contributed by atoms with Crippen molar-refractivity contribution in [2.75, 3.05) is 0 Å². The molecule has 8 heteroatoms. The molecule has 1 aromatic heterocycles. The molecule has 0 fully saturated rings. The van der Waals surface area contributed by atoms with Gasteiger partial charge in [-0.15, -0.1) is 0 Å². The molecule has 0 aliphatic carbocycles. The van der Waals surface area contributed by atoms with Crippen LogP contribution in [0.1, 0.15) is 34.8 Å². The molecule has 0 bridgehead atoms. The topological polar surface area (TPSA) is 125 Å². The molecule has 2 aromatic carbocycles. The van der Waals surface area contributed by atoms with Crippen LogP contribution in [-0.2, 0) is 0 Å². The molecule has 0 saturated carbocycles. The molecule has 3 N–H and O–H groups in total. The summed E-state index contributed by atoms with van der Waals surface area (Å²) in [4.78, 5) is 42.3. The number of aryl methyl sites for hydroxylation is 1. The predicted molar refractivity (Wildman–Crippen MR) is 109 cm³/mol. The second-order valence-electron chi connectivity index (χ2n) is 6.39. The van der Waals surface area contributed by atoms with Gasteiger partial charge >= 0.3 is 11.7 Å². The Morgan fingerprint density at radius 2 is 1.69 bits per heavy atom. The zero-order chi connectivity index (χ0) is 21.1. The van der Waals surface area contributed by atoms with E-state index in [2.05, 4.69) is 9.98 Å². The van der Waals surface area contributed by atoms with Gasteiger partial charge in [0.25, 0.3) is 5.56 Å². The quantitative estimate of drug-likeness (QED) is 0.575. The second kappa shape index (κ2) is 7.97. The van der Waals surface area contributed by atoms with Gasteiger partial charge in [-0.05, 0) is 49.7 Å². The Morgan fingerprint density at radius 1 is 1.07 bits per heavy atom. The van der Waals surface area contributed by atoms with E-state index in [9.17, 15) is 19.5 Å². The zero-order valence-electron chi connectivity index (χ0n) is 15.8. The van der Waals surface area contributed by atoms with Crippen molar-refractivity contribution in [2.24, 2.45) is 4.99 Å². The SMILES string of the molecule is CCC(=Nc1ccc(C(=O)O)cc1)c1c(O)n(-c2ccc(C)cc2)c(=O)[nH]c1=O. The lowest BCUT2D eigenvalue weighted by Gasteiger charge is -2.12. The number of carbonyl (C=O) groups is 1. The second-order valence-corrected chi connectivity index (χ2v) is 6.39. The maximum Gasteiger partial charge on any atom is 0.335 e. The van der Waals surface area contributed by atoms with Gasteiger partial charge < -0.3 is 10.2 Å². The number of aromatic amines is 1. The van der Waals surface area contributed by atoms with E-state index >= 15 is 0 Å². The lowest BCUT2D eigenvalue weighted by atomic mass is 10.1. The van der Waals surface area contributed by atoms with Crippen LogP contribution in [0.15, 0.2) is 63.1 Å². The average molecular weight is 393 g/mol. The summed E-state index contributed by atoms with van der Waals surface area (Å²) in [7, 11) is 0. The summed E-state index contributed by atoms with van der Waals surface area (Å²) in [5.41, 5.74) is 0.528. The summed E-state index contributed by atoms with van der Waals surface area (Å²) < 4.78 is 1.01. The normalized spacial score (nSPS) is 11.4. The van der Waals surface area contributed by atoms with Crippen LogP contribution in [0.25, 0.3) is 5.69 Å². The zero-order valence-corrected chi connectivity index (χ0v) is 15.8. The van der Waals surface area contributed by atoms with E-state index in [1.54, 1.807) is 31.2 Å². The van der Waals surface area contributed by atoms with Gasteiger partial charge in [0.1, 0.15) is 5.56 Å². The molecule has 0 aliphatic rings. The van der Waals surface area contributed by atoms with E-state index in [-0.39, 0.29) is 16.8 Å². The van der Waals surface area contributed by atoms with E-state index in [4.69, 9.17) is 5.11 Å². The lowest BCUT2D eigenvalue weighted by Crippen LogP contribution is -2.33. The van der Waals surface area contributed by atoms with E-state index in [1.807, 2.05) is 6.92 Å². The summed E-state index contributed by atoms with van der Waals surface area (Å²) in [5.74, 6) is -1.57. The van der Waals surface area contributed by atoms with Gasteiger partial charge in [-0.3, -0.25) is 14.8 Å². The van der Waals surface area contributed by atoms with Gasteiger partial charge in [-0.1, -0.05) is 24.6 Å². The Hall–Kier alpha value is -3.94. The first-order valence-corrected chi connectivity index (χ1v) is 8.88. The highest BCUT2D eigenvalue weighted by Gasteiger charge is 2.19. The minimum atomic E-state index is -1.06. The number of benzene rings is 2. The average Bonchev–Trinajstić information content (AvgIpc) is 2.68. The molecule has 0 radical (unpaired) electrons. The summed E-state index contributed by atoms with van der Waals surface area (Å²) in [6.45, 7) is 3.65. The maximum atomic E-state index is 12.4.